The standard InChI is InChI=1S/C33H30FN2/c1-18-7-10-22-24(15-18)19(2)28-31(26(22)17-33(3,4)5)36-27-12-9-21(34)16-25(27)23-11-8-20-13-14-35(6)32(28)29(20)30(23)36/h7-16H,17H2,1-6H3/q+1. The van der Waals surface area contributed by atoms with Gasteiger partial charge in [-0.3, -0.25) is 0 Å². The fourth-order valence-corrected chi connectivity index (χ4v) is 6.53. The number of hydrogen-bond donors (Lipinski definition) is 0. The molecule has 3 heterocycles. The molecule has 2 nitrogen and oxygen atoms in total. The van der Waals surface area contributed by atoms with Crippen molar-refractivity contribution < 1.29 is 8.96 Å². The number of halogens is 1. The highest BCUT2D eigenvalue weighted by Gasteiger charge is 2.28. The number of benzene rings is 4. The molecule has 3 heteroatoms. The normalized spacial score (nSPS) is 13.0. The van der Waals surface area contributed by atoms with E-state index in [0.29, 0.717) is 0 Å². The van der Waals surface area contributed by atoms with Crippen LogP contribution in [0.5, 0.6) is 0 Å². The van der Waals surface area contributed by atoms with Gasteiger partial charge in [-0.1, -0.05) is 56.7 Å². The first-order chi connectivity index (χ1) is 17.1. The predicted molar refractivity (Wildman–Crippen MR) is 150 cm³/mol. The summed E-state index contributed by atoms with van der Waals surface area (Å²) in [6.45, 7) is 11.4. The number of pyridine rings is 2. The molecule has 0 bridgehead atoms. The minimum absolute atomic E-state index is 0.0974. The van der Waals surface area contributed by atoms with Gasteiger partial charge >= 0.3 is 0 Å². The van der Waals surface area contributed by atoms with Gasteiger partial charge in [0.25, 0.3) is 0 Å². The van der Waals surface area contributed by atoms with Crippen LogP contribution in [0, 0.1) is 25.1 Å². The first-order valence-electron chi connectivity index (χ1n) is 12.8. The van der Waals surface area contributed by atoms with Crippen molar-refractivity contribution in [2.24, 2.45) is 12.5 Å². The van der Waals surface area contributed by atoms with E-state index in [1.54, 1.807) is 12.1 Å². The highest BCUT2D eigenvalue weighted by molar-refractivity contribution is 6.28. The highest BCUT2D eigenvalue weighted by Crippen LogP contribution is 2.45. The molecule has 0 radical (unpaired) electrons. The Bertz CT molecular complexity index is 2040. The van der Waals surface area contributed by atoms with Gasteiger partial charge in [-0.25, -0.2) is 8.96 Å². The molecule has 0 atom stereocenters. The second-order valence-corrected chi connectivity index (χ2v) is 11.8. The summed E-state index contributed by atoms with van der Waals surface area (Å²) in [6.07, 6.45) is 3.12. The van der Waals surface area contributed by atoms with Crippen molar-refractivity contribution >= 4 is 59.8 Å². The predicted octanol–water partition coefficient (Wildman–Crippen LogP) is 8.31. The number of aromatic nitrogens is 2. The third-order valence-corrected chi connectivity index (χ3v) is 7.96. The molecule has 3 aromatic heterocycles. The van der Waals surface area contributed by atoms with Crippen molar-refractivity contribution in [1.29, 1.82) is 0 Å². The van der Waals surface area contributed by atoms with Crippen LogP contribution < -0.4 is 4.57 Å². The smallest absolute Gasteiger partial charge is 0.224 e. The molecule has 7 rings (SSSR count). The summed E-state index contributed by atoms with van der Waals surface area (Å²) in [5, 5.41) is 8.48. The monoisotopic (exact) mass is 473 g/mol. The van der Waals surface area contributed by atoms with Crippen LogP contribution in [-0.4, -0.2) is 4.40 Å². The molecule has 4 aromatic carbocycles. The van der Waals surface area contributed by atoms with Crippen molar-refractivity contribution in [2.45, 2.75) is 41.0 Å². The van der Waals surface area contributed by atoms with Gasteiger partial charge in [-0.15, -0.1) is 0 Å². The summed E-state index contributed by atoms with van der Waals surface area (Å²) < 4.78 is 19.3. The summed E-state index contributed by atoms with van der Waals surface area (Å²) in [5.74, 6) is -0.194. The van der Waals surface area contributed by atoms with Gasteiger partial charge in [-0.05, 0) is 71.2 Å². The molecule has 7 aromatic rings. The number of hydrogen-bond acceptors (Lipinski definition) is 0. The Morgan fingerprint density at radius 1 is 0.806 bits per heavy atom. The lowest BCUT2D eigenvalue weighted by Gasteiger charge is -2.24. The summed E-state index contributed by atoms with van der Waals surface area (Å²) in [6, 6.07) is 18.7. The van der Waals surface area contributed by atoms with Gasteiger partial charge in [-0.2, -0.15) is 0 Å². The number of aryl methyl sites for hydroxylation is 3. The molecule has 0 unspecified atom stereocenters. The molecule has 0 aliphatic carbocycles. The second kappa shape index (κ2) is 6.94. The number of rotatable bonds is 1. The third kappa shape index (κ3) is 2.74. The van der Waals surface area contributed by atoms with Gasteiger partial charge in [0.15, 0.2) is 6.20 Å². The van der Waals surface area contributed by atoms with E-state index in [4.69, 9.17) is 0 Å². The molecular weight excluding hydrogens is 443 g/mol. The lowest BCUT2D eigenvalue weighted by Crippen LogP contribution is -2.29. The molecule has 0 aliphatic heterocycles. The summed E-state index contributed by atoms with van der Waals surface area (Å²) in [5.41, 5.74) is 8.80. The van der Waals surface area contributed by atoms with Crippen LogP contribution in [0.25, 0.3) is 59.8 Å². The number of nitrogens with zero attached hydrogens (tertiary/aromatic N) is 2. The van der Waals surface area contributed by atoms with Crippen molar-refractivity contribution in [2.75, 3.05) is 0 Å². The Morgan fingerprint density at radius 3 is 2.36 bits per heavy atom. The van der Waals surface area contributed by atoms with Crippen molar-refractivity contribution in [1.82, 2.24) is 4.40 Å². The Balaban J connectivity index is 1.93. The van der Waals surface area contributed by atoms with E-state index in [1.807, 2.05) is 6.07 Å². The molecule has 36 heavy (non-hydrogen) atoms. The van der Waals surface area contributed by atoms with Crippen LogP contribution in [0.3, 0.4) is 0 Å². The van der Waals surface area contributed by atoms with Crippen molar-refractivity contribution in [3.05, 3.63) is 83.3 Å². The van der Waals surface area contributed by atoms with E-state index in [2.05, 4.69) is 93.2 Å². The van der Waals surface area contributed by atoms with Gasteiger partial charge in [0.05, 0.1) is 27.3 Å². The minimum Gasteiger partial charge on any atom is -0.307 e. The molecular formula is C33H30FN2+. The summed E-state index contributed by atoms with van der Waals surface area (Å²) >= 11 is 0. The van der Waals surface area contributed by atoms with Crippen LogP contribution in [0.15, 0.2) is 60.8 Å². The first kappa shape index (κ1) is 21.6. The molecule has 0 saturated carbocycles. The SMILES string of the molecule is Cc1ccc2c(CC(C)(C)C)c3c(c(C)c2c1)c1c2c(ccc4c5cc(F)ccc5n3c42)cc[n+]1C. The molecule has 0 aliphatic rings. The minimum atomic E-state index is -0.194. The molecule has 0 fully saturated rings. The Labute approximate surface area is 209 Å². The highest BCUT2D eigenvalue weighted by atomic mass is 19.1. The summed E-state index contributed by atoms with van der Waals surface area (Å²) in [4.78, 5) is 0. The fourth-order valence-electron chi connectivity index (χ4n) is 6.53. The Kier molecular flexibility index (Phi) is 4.16. The number of fused-ring (bicyclic) bond motifs is 7. The topological polar surface area (TPSA) is 8.29 Å². The van der Waals surface area contributed by atoms with Gasteiger partial charge < -0.3 is 4.40 Å². The molecule has 0 amide bonds. The van der Waals surface area contributed by atoms with Crippen LogP contribution in [-0.2, 0) is 13.5 Å². The van der Waals surface area contributed by atoms with Gasteiger partial charge in [0.2, 0.25) is 5.52 Å². The fraction of sp³-hybridized carbons (Fsp3) is 0.242. The molecule has 0 saturated heterocycles. The molecule has 178 valence electrons. The van der Waals surface area contributed by atoms with E-state index in [0.717, 1.165) is 22.7 Å². The zero-order valence-electron chi connectivity index (χ0n) is 21.8. The third-order valence-electron chi connectivity index (χ3n) is 7.96. The summed E-state index contributed by atoms with van der Waals surface area (Å²) in [7, 11) is 2.15. The van der Waals surface area contributed by atoms with E-state index in [-0.39, 0.29) is 11.2 Å². The largest absolute Gasteiger partial charge is 0.307 e. The Hall–Kier alpha value is -3.72. The zero-order chi connectivity index (χ0) is 25.1. The maximum Gasteiger partial charge on any atom is 0.224 e. The average Bonchev–Trinajstić information content (AvgIpc) is 3.15. The first-order valence-corrected chi connectivity index (χ1v) is 12.8. The second-order valence-electron chi connectivity index (χ2n) is 11.8. The van der Waals surface area contributed by atoms with E-state index in [9.17, 15) is 4.39 Å². The van der Waals surface area contributed by atoms with Gasteiger partial charge in [0, 0.05) is 16.8 Å². The van der Waals surface area contributed by atoms with Gasteiger partial charge in [0.1, 0.15) is 12.9 Å². The maximum absolute atomic E-state index is 14.6. The Morgan fingerprint density at radius 2 is 1.58 bits per heavy atom. The van der Waals surface area contributed by atoms with Crippen molar-refractivity contribution in [3.8, 4) is 0 Å². The average molecular weight is 474 g/mol. The molecule has 0 spiro atoms. The van der Waals surface area contributed by atoms with Crippen LogP contribution in [0.2, 0.25) is 0 Å². The maximum atomic E-state index is 14.6. The van der Waals surface area contributed by atoms with E-state index in [1.165, 1.54) is 60.2 Å². The van der Waals surface area contributed by atoms with Crippen LogP contribution in [0.4, 0.5) is 4.39 Å². The lowest BCUT2D eigenvalue weighted by molar-refractivity contribution is -0.643. The molecule has 0 N–H and O–H groups in total. The van der Waals surface area contributed by atoms with Crippen LogP contribution >= 0.6 is 0 Å². The van der Waals surface area contributed by atoms with Crippen molar-refractivity contribution in [3.63, 3.8) is 0 Å². The van der Waals surface area contributed by atoms with E-state index >= 15 is 0 Å². The quantitative estimate of drug-likeness (QED) is 0.129. The lowest BCUT2D eigenvalue weighted by atomic mass is 9.83. The van der Waals surface area contributed by atoms with E-state index < -0.39 is 0 Å². The van der Waals surface area contributed by atoms with Crippen LogP contribution in [0.1, 0.15) is 37.5 Å². The zero-order valence-corrected chi connectivity index (χ0v) is 21.8.